The van der Waals surface area contributed by atoms with E-state index in [2.05, 4.69) is 20.4 Å². The molecule has 0 bridgehead atoms. The van der Waals surface area contributed by atoms with Crippen molar-refractivity contribution in [1.82, 2.24) is 0 Å². The zero-order chi connectivity index (χ0) is 21.2. The van der Waals surface area contributed by atoms with E-state index in [0.717, 1.165) is 44.1 Å². The van der Waals surface area contributed by atoms with Crippen LogP contribution in [0, 0.1) is 28.6 Å². The standard InChI is InChI=1S/C25H34O4/c1-6-22(28)29-25(16(3)26)15(2)13-21-23(4)11-9-17-14-18(27)7-8-19(17)20(23)10-12-24(21,25)5/h14,19-21H,2,6-13H2,1,3-5H3/t19-,20+,21-,23?,24-,25+/m0/s1. The SMILES string of the molecule is C=C1C[C@H]2C3(C)CCC4=CC(=O)CC[C@@H]4[C@H]3CC[C@]2(C)[C@]1(OC(=O)CC)C(C)=O. The van der Waals surface area contributed by atoms with E-state index in [-0.39, 0.29) is 35.3 Å². The van der Waals surface area contributed by atoms with E-state index in [0.29, 0.717) is 18.3 Å². The average Bonchev–Trinajstić information content (AvgIpc) is 2.90. The summed E-state index contributed by atoms with van der Waals surface area (Å²) in [5.74, 6) is 1.12. The van der Waals surface area contributed by atoms with Gasteiger partial charge < -0.3 is 4.74 Å². The van der Waals surface area contributed by atoms with E-state index >= 15 is 0 Å². The first-order chi connectivity index (χ1) is 13.6. The van der Waals surface area contributed by atoms with Crippen molar-refractivity contribution < 1.29 is 19.1 Å². The Morgan fingerprint density at radius 3 is 2.59 bits per heavy atom. The monoisotopic (exact) mass is 398 g/mol. The number of allylic oxidation sites excluding steroid dienone is 1. The molecule has 0 spiro atoms. The smallest absolute Gasteiger partial charge is 0.306 e. The Labute approximate surface area is 174 Å². The van der Waals surface area contributed by atoms with E-state index in [1.165, 1.54) is 5.57 Å². The van der Waals surface area contributed by atoms with Crippen molar-refractivity contribution in [3.8, 4) is 0 Å². The van der Waals surface area contributed by atoms with Crippen molar-refractivity contribution >= 4 is 17.5 Å². The maximum Gasteiger partial charge on any atom is 0.306 e. The summed E-state index contributed by atoms with van der Waals surface area (Å²) in [7, 11) is 0. The summed E-state index contributed by atoms with van der Waals surface area (Å²) in [6.45, 7) is 12.2. The number of hydrogen-bond acceptors (Lipinski definition) is 4. The minimum atomic E-state index is -1.20. The van der Waals surface area contributed by atoms with Crippen molar-refractivity contribution in [2.45, 2.75) is 84.7 Å². The lowest BCUT2D eigenvalue weighted by Gasteiger charge is -2.61. The molecular weight excluding hydrogens is 364 g/mol. The fraction of sp³-hybridized carbons (Fsp3) is 0.720. The molecule has 0 aromatic heterocycles. The molecule has 0 amide bonds. The molecule has 1 unspecified atom stereocenters. The van der Waals surface area contributed by atoms with Gasteiger partial charge in [0.1, 0.15) is 0 Å². The maximum absolute atomic E-state index is 13.0. The van der Waals surface area contributed by atoms with Gasteiger partial charge in [-0.1, -0.05) is 32.9 Å². The van der Waals surface area contributed by atoms with Crippen LogP contribution in [-0.2, 0) is 19.1 Å². The topological polar surface area (TPSA) is 60.4 Å². The number of ketones is 2. The Morgan fingerprint density at radius 1 is 1.21 bits per heavy atom. The summed E-state index contributed by atoms with van der Waals surface area (Å²) in [5, 5.41) is 0. The van der Waals surface area contributed by atoms with Gasteiger partial charge in [0, 0.05) is 18.3 Å². The Morgan fingerprint density at radius 2 is 1.93 bits per heavy atom. The first kappa shape index (κ1) is 20.6. The molecule has 4 aliphatic rings. The molecule has 0 heterocycles. The predicted molar refractivity (Wildman–Crippen MR) is 111 cm³/mol. The van der Waals surface area contributed by atoms with Crippen LogP contribution in [0.15, 0.2) is 23.8 Å². The first-order valence-corrected chi connectivity index (χ1v) is 11.2. The molecule has 4 aliphatic carbocycles. The highest BCUT2D eigenvalue weighted by Crippen LogP contribution is 2.71. The van der Waals surface area contributed by atoms with Crippen LogP contribution in [0.2, 0.25) is 0 Å². The van der Waals surface area contributed by atoms with Crippen LogP contribution in [0.3, 0.4) is 0 Å². The van der Waals surface area contributed by atoms with Gasteiger partial charge in [-0.3, -0.25) is 14.4 Å². The van der Waals surface area contributed by atoms with Crippen LogP contribution in [-0.4, -0.2) is 23.1 Å². The van der Waals surface area contributed by atoms with Gasteiger partial charge in [0.2, 0.25) is 0 Å². The van der Waals surface area contributed by atoms with Crippen molar-refractivity contribution in [3.05, 3.63) is 23.8 Å². The highest BCUT2D eigenvalue weighted by Gasteiger charge is 2.71. The molecular formula is C25H34O4. The van der Waals surface area contributed by atoms with Crippen molar-refractivity contribution in [2.24, 2.45) is 28.6 Å². The summed E-state index contributed by atoms with van der Waals surface area (Å²) in [4.78, 5) is 37.4. The van der Waals surface area contributed by atoms with Crippen LogP contribution in [0.5, 0.6) is 0 Å². The van der Waals surface area contributed by atoms with Crippen LogP contribution in [0.4, 0.5) is 0 Å². The van der Waals surface area contributed by atoms with Gasteiger partial charge in [-0.2, -0.15) is 0 Å². The highest BCUT2D eigenvalue weighted by molar-refractivity contribution is 5.93. The summed E-state index contributed by atoms with van der Waals surface area (Å²) >= 11 is 0. The van der Waals surface area contributed by atoms with Gasteiger partial charge in [0.25, 0.3) is 0 Å². The number of fused-ring (bicyclic) bond motifs is 5. The van der Waals surface area contributed by atoms with Crippen LogP contribution in [0.1, 0.15) is 79.1 Å². The number of hydrogen-bond donors (Lipinski definition) is 0. The summed E-state index contributed by atoms with van der Waals surface area (Å²) in [5.41, 5.74) is 0.573. The lowest BCUT2D eigenvalue weighted by molar-refractivity contribution is -0.188. The van der Waals surface area contributed by atoms with E-state index in [1.54, 1.807) is 13.8 Å². The van der Waals surface area contributed by atoms with Gasteiger partial charge in [0.15, 0.2) is 17.2 Å². The molecule has 0 aromatic rings. The third-order valence-corrected chi connectivity index (χ3v) is 9.15. The first-order valence-electron chi connectivity index (χ1n) is 11.2. The normalized spacial score (nSPS) is 43.7. The van der Waals surface area contributed by atoms with E-state index < -0.39 is 11.0 Å². The molecule has 6 atom stereocenters. The molecule has 3 saturated carbocycles. The minimum absolute atomic E-state index is 0.0636. The Bertz CT molecular complexity index is 823. The molecule has 4 rings (SSSR count). The second-order valence-electron chi connectivity index (χ2n) is 10.3. The third-order valence-electron chi connectivity index (χ3n) is 9.15. The van der Waals surface area contributed by atoms with Gasteiger partial charge in [-0.05, 0) is 80.3 Å². The molecule has 158 valence electrons. The zero-order valence-electron chi connectivity index (χ0n) is 18.3. The van der Waals surface area contributed by atoms with Gasteiger partial charge in [-0.15, -0.1) is 0 Å². The van der Waals surface area contributed by atoms with Gasteiger partial charge >= 0.3 is 5.97 Å². The lowest BCUT2D eigenvalue weighted by Crippen LogP contribution is -2.60. The number of carbonyl (C=O) groups excluding carboxylic acids is 3. The second kappa shape index (κ2) is 6.65. The zero-order valence-corrected chi connectivity index (χ0v) is 18.3. The van der Waals surface area contributed by atoms with Crippen LogP contribution in [0.25, 0.3) is 0 Å². The molecule has 0 radical (unpaired) electrons. The second-order valence-corrected chi connectivity index (χ2v) is 10.3. The summed E-state index contributed by atoms with van der Waals surface area (Å²) in [6, 6.07) is 0. The van der Waals surface area contributed by atoms with E-state index in [1.807, 2.05) is 6.08 Å². The molecule has 0 saturated heterocycles. The number of carbonyl (C=O) groups is 3. The van der Waals surface area contributed by atoms with E-state index in [4.69, 9.17) is 4.74 Å². The van der Waals surface area contributed by atoms with E-state index in [9.17, 15) is 14.4 Å². The molecule has 4 nitrogen and oxygen atoms in total. The maximum atomic E-state index is 13.0. The molecule has 3 fully saturated rings. The number of Topliss-reactive ketones (excluding diaryl/α,β-unsaturated/α-hetero) is 1. The van der Waals surface area contributed by atoms with Gasteiger partial charge in [-0.25, -0.2) is 0 Å². The number of rotatable bonds is 3. The van der Waals surface area contributed by atoms with Crippen LogP contribution < -0.4 is 0 Å². The molecule has 0 aromatic carbocycles. The number of ether oxygens (including phenoxy) is 1. The highest BCUT2D eigenvalue weighted by atomic mass is 16.6. The van der Waals surface area contributed by atoms with Crippen molar-refractivity contribution in [1.29, 1.82) is 0 Å². The molecule has 0 aliphatic heterocycles. The predicted octanol–water partition coefficient (Wildman–Crippen LogP) is 4.97. The van der Waals surface area contributed by atoms with Crippen LogP contribution >= 0.6 is 0 Å². The third kappa shape index (κ3) is 2.60. The lowest BCUT2D eigenvalue weighted by atomic mass is 9.44. The molecule has 29 heavy (non-hydrogen) atoms. The summed E-state index contributed by atoms with van der Waals surface area (Å²) < 4.78 is 6.00. The summed E-state index contributed by atoms with van der Waals surface area (Å²) in [6.07, 6.45) is 8.37. The van der Waals surface area contributed by atoms with Crippen molar-refractivity contribution in [2.75, 3.05) is 0 Å². The fourth-order valence-electron chi connectivity index (χ4n) is 7.79. The minimum Gasteiger partial charge on any atom is -0.446 e. The largest absolute Gasteiger partial charge is 0.446 e. The molecule has 4 heteroatoms. The average molecular weight is 399 g/mol. The quantitative estimate of drug-likeness (QED) is 0.498. The Kier molecular flexibility index (Phi) is 4.71. The fourth-order valence-corrected chi connectivity index (χ4v) is 7.79. The molecule has 0 N–H and O–H groups in total. The Hall–Kier alpha value is -1.71. The number of esters is 1. The Balaban J connectivity index is 1.76. The van der Waals surface area contributed by atoms with Gasteiger partial charge in [0.05, 0.1) is 0 Å². The van der Waals surface area contributed by atoms with Crippen molar-refractivity contribution in [3.63, 3.8) is 0 Å².